The van der Waals surface area contributed by atoms with Crippen molar-refractivity contribution in [2.24, 2.45) is 4.99 Å². The van der Waals surface area contributed by atoms with Gasteiger partial charge in [0.15, 0.2) is 0 Å². The van der Waals surface area contributed by atoms with Gasteiger partial charge in [-0.25, -0.2) is 8.42 Å². The molecule has 1 N–H and O–H groups in total. The molecular weight excluding hydrogens is 394 g/mol. The van der Waals surface area contributed by atoms with E-state index in [0.717, 1.165) is 29.6 Å². The van der Waals surface area contributed by atoms with Gasteiger partial charge in [-0.1, -0.05) is 11.6 Å². The first-order chi connectivity index (χ1) is 12.3. The van der Waals surface area contributed by atoms with E-state index in [9.17, 15) is 8.42 Å². The smallest absolute Gasteiger partial charge is 0.263 e. The minimum Gasteiger partial charge on any atom is -0.464 e. The van der Waals surface area contributed by atoms with Gasteiger partial charge >= 0.3 is 0 Å². The zero-order chi connectivity index (χ0) is 18.7. The number of furan rings is 1. The van der Waals surface area contributed by atoms with Crippen LogP contribution in [-0.4, -0.2) is 45.5 Å². The van der Waals surface area contributed by atoms with Crippen molar-refractivity contribution in [2.75, 3.05) is 26.4 Å². The number of sulfonamides is 1. The van der Waals surface area contributed by atoms with Gasteiger partial charge in [0, 0.05) is 16.3 Å². The number of thioether (sulfide) groups is 1. The molecule has 0 unspecified atom stereocenters. The molecule has 1 aliphatic rings. The van der Waals surface area contributed by atoms with Crippen LogP contribution >= 0.6 is 23.4 Å². The highest BCUT2D eigenvalue weighted by Crippen LogP contribution is 2.26. The van der Waals surface area contributed by atoms with Crippen molar-refractivity contribution in [3.8, 4) is 0 Å². The number of halogens is 1. The van der Waals surface area contributed by atoms with Crippen LogP contribution in [0.5, 0.6) is 0 Å². The lowest BCUT2D eigenvalue weighted by molar-refractivity contribution is 0.344. The minimum atomic E-state index is -3.56. The maximum atomic E-state index is 12.1. The minimum absolute atomic E-state index is 0.181. The molecule has 0 spiro atoms. The lowest BCUT2D eigenvalue weighted by Crippen LogP contribution is -2.22. The Kier molecular flexibility index (Phi) is 5.96. The fourth-order valence-electron chi connectivity index (χ4n) is 2.56. The number of aliphatic imine (C=N–C) groups is 1. The third-order valence-corrected chi connectivity index (χ3v) is 6.23. The summed E-state index contributed by atoms with van der Waals surface area (Å²) < 4.78 is 32.4. The maximum Gasteiger partial charge on any atom is 0.263 e. The van der Waals surface area contributed by atoms with E-state index in [4.69, 9.17) is 16.0 Å². The van der Waals surface area contributed by atoms with Crippen LogP contribution < -0.4 is 4.72 Å². The predicted molar refractivity (Wildman–Crippen MR) is 105 cm³/mol. The Labute approximate surface area is 162 Å². The Morgan fingerprint density at radius 3 is 2.77 bits per heavy atom. The Bertz CT molecular complexity index is 923. The van der Waals surface area contributed by atoms with Crippen LogP contribution in [0.25, 0.3) is 0 Å². The number of hydrogen-bond donors (Lipinski definition) is 1. The highest BCUT2D eigenvalue weighted by molar-refractivity contribution is 7.98. The molecule has 140 valence electrons. The molecule has 0 radical (unpaired) electrons. The van der Waals surface area contributed by atoms with Crippen LogP contribution in [0, 0.1) is 0 Å². The van der Waals surface area contributed by atoms with Crippen molar-refractivity contribution in [1.82, 2.24) is 9.62 Å². The fraction of sp³-hybridized carbons (Fsp3) is 0.353. The monoisotopic (exact) mass is 413 g/mol. The van der Waals surface area contributed by atoms with Crippen molar-refractivity contribution in [2.45, 2.75) is 17.2 Å². The van der Waals surface area contributed by atoms with Crippen LogP contribution in [0.2, 0.25) is 5.02 Å². The fourth-order valence-corrected chi connectivity index (χ4v) is 4.79. The van der Waals surface area contributed by atoms with E-state index in [1.807, 2.05) is 26.2 Å². The number of fused-ring (bicyclic) bond motifs is 1. The molecule has 0 saturated heterocycles. The third kappa shape index (κ3) is 4.62. The first kappa shape index (κ1) is 19.3. The van der Waals surface area contributed by atoms with E-state index in [2.05, 4.69) is 14.6 Å². The number of rotatable bonds is 7. The molecule has 0 aliphatic carbocycles. The Hall–Kier alpha value is -1.48. The first-order valence-corrected chi connectivity index (χ1v) is 11.0. The summed E-state index contributed by atoms with van der Waals surface area (Å²) >= 11 is 7.58. The quantitative estimate of drug-likeness (QED) is 0.706. The number of benzene rings is 1. The van der Waals surface area contributed by atoms with Gasteiger partial charge in [-0.3, -0.25) is 9.71 Å². The summed E-state index contributed by atoms with van der Waals surface area (Å²) in [6.07, 6.45) is 0. The zero-order valence-corrected chi connectivity index (χ0v) is 16.9. The largest absolute Gasteiger partial charge is 0.464 e. The topological polar surface area (TPSA) is 74.9 Å². The second-order valence-electron chi connectivity index (χ2n) is 6.13. The second-order valence-corrected chi connectivity index (χ2v) is 9.33. The molecule has 0 fully saturated rings. The molecule has 0 amide bonds. The van der Waals surface area contributed by atoms with E-state index in [-0.39, 0.29) is 4.90 Å². The molecule has 1 aliphatic heterocycles. The molecule has 0 saturated carbocycles. The summed E-state index contributed by atoms with van der Waals surface area (Å²) in [7, 11) is 0.438. The van der Waals surface area contributed by atoms with Crippen LogP contribution in [0.15, 0.2) is 44.6 Å². The van der Waals surface area contributed by atoms with Crippen molar-refractivity contribution in [3.05, 3.63) is 52.4 Å². The van der Waals surface area contributed by atoms with Gasteiger partial charge in [-0.05, 0) is 44.4 Å². The van der Waals surface area contributed by atoms with E-state index in [1.165, 1.54) is 6.07 Å². The van der Waals surface area contributed by atoms with Crippen molar-refractivity contribution in [3.63, 3.8) is 0 Å². The number of nitrogens with one attached hydrogen (secondary N) is 1. The highest BCUT2D eigenvalue weighted by atomic mass is 35.5. The van der Waals surface area contributed by atoms with Gasteiger partial charge in [-0.2, -0.15) is 11.8 Å². The molecular formula is C17H20ClN3O3S2. The number of amidine groups is 1. The summed E-state index contributed by atoms with van der Waals surface area (Å²) in [6.45, 7) is 1.29. The molecule has 0 bridgehead atoms. The zero-order valence-electron chi connectivity index (χ0n) is 14.5. The molecule has 2 aromatic rings. The number of hydrogen-bond acceptors (Lipinski definition) is 6. The predicted octanol–water partition coefficient (Wildman–Crippen LogP) is 2.97. The molecule has 3 rings (SSSR count). The van der Waals surface area contributed by atoms with Gasteiger partial charge in [-0.15, -0.1) is 0 Å². The van der Waals surface area contributed by atoms with Gasteiger partial charge in [0.05, 0.1) is 23.7 Å². The van der Waals surface area contributed by atoms with E-state index < -0.39 is 10.0 Å². The third-order valence-electron chi connectivity index (χ3n) is 3.66. The van der Waals surface area contributed by atoms with Gasteiger partial charge in [0.25, 0.3) is 10.0 Å². The van der Waals surface area contributed by atoms with Crippen LogP contribution in [0.3, 0.4) is 0 Å². The van der Waals surface area contributed by atoms with Crippen molar-refractivity contribution < 1.29 is 12.8 Å². The maximum absolute atomic E-state index is 12.1. The molecule has 1 aromatic heterocycles. The lowest BCUT2D eigenvalue weighted by Gasteiger charge is -2.05. The van der Waals surface area contributed by atoms with E-state index in [1.54, 1.807) is 23.9 Å². The van der Waals surface area contributed by atoms with Gasteiger partial charge in [0.2, 0.25) is 0 Å². The van der Waals surface area contributed by atoms with Crippen molar-refractivity contribution >= 4 is 39.2 Å². The molecule has 6 nitrogen and oxygen atoms in total. The normalized spacial score (nSPS) is 16.8. The summed E-state index contributed by atoms with van der Waals surface area (Å²) in [5, 5.41) is 0.387. The highest BCUT2D eigenvalue weighted by Gasteiger charge is 2.30. The lowest BCUT2D eigenvalue weighted by atomic mass is 10.2. The summed E-state index contributed by atoms with van der Waals surface area (Å²) in [6, 6.07) is 8.76. The Morgan fingerprint density at radius 2 is 2.00 bits per heavy atom. The molecule has 2 heterocycles. The average molecular weight is 414 g/mol. The standard InChI is InChI=1S/C17H20ClN3O3S2/c1-21(2)10-13-4-5-14(24-13)11-25-8-7-19-17-15-6-3-12(18)9-16(15)26(22,23)20-17/h3-6,9H,7-8,10-11H2,1-2H3,(H,19,20). The van der Waals surface area contributed by atoms with Crippen molar-refractivity contribution in [1.29, 1.82) is 0 Å². The van der Waals surface area contributed by atoms with E-state index in [0.29, 0.717) is 23.0 Å². The molecule has 26 heavy (non-hydrogen) atoms. The van der Waals surface area contributed by atoms with E-state index >= 15 is 0 Å². The molecule has 9 heteroatoms. The summed E-state index contributed by atoms with van der Waals surface area (Å²) in [5.74, 6) is 3.78. The second kappa shape index (κ2) is 8.04. The average Bonchev–Trinajstić information content (AvgIpc) is 3.09. The van der Waals surface area contributed by atoms with Crippen LogP contribution in [-0.2, 0) is 22.3 Å². The molecule has 0 atom stereocenters. The SMILES string of the molecule is CN(C)Cc1ccc(CSCCN=C2NS(=O)(=O)c3cc(Cl)ccc32)o1. The first-order valence-electron chi connectivity index (χ1n) is 8.02. The Morgan fingerprint density at radius 1 is 1.23 bits per heavy atom. The summed E-state index contributed by atoms with van der Waals surface area (Å²) in [4.78, 5) is 6.63. The summed E-state index contributed by atoms with van der Waals surface area (Å²) in [5.41, 5.74) is 0.568. The van der Waals surface area contributed by atoms with Gasteiger partial charge < -0.3 is 9.32 Å². The molecule has 1 aromatic carbocycles. The Balaban J connectivity index is 1.53. The van der Waals surface area contributed by atoms with Gasteiger partial charge in [0.1, 0.15) is 17.4 Å². The number of nitrogens with zero attached hydrogens (tertiary/aromatic N) is 2. The van der Waals surface area contributed by atoms with Crippen LogP contribution in [0.1, 0.15) is 17.1 Å². The van der Waals surface area contributed by atoms with Crippen LogP contribution in [0.4, 0.5) is 0 Å².